The minimum absolute atomic E-state index is 0.179. The highest BCUT2D eigenvalue weighted by Crippen LogP contribution is 2.24. The molecule has 0 unspecified atom stereocenters. The van der Waals surface area contributed by atoms with E-state index in [4.69, 9.17) is 0 Å². The fraction of sp³-hybridized carbons (Fsp3) is 0.632. The first-order valence-electron chi connectivity index (χ1n) is 8.80. The lowest BCUT2D eigenvalue weighted by atomic mass is 10.0. The van der Waals surface area contributed by atoms with Crippen LogP contribution in [0, 0.1) is 5.92 Å². The van der Waals surface area contributed by atoms with E-state index in [1.807, 2.05) is 0 Å². The van der Waals surface area contributed by atoms with Gasteiger partial charge < -0.3 is 10.2 Å². The fourth-order valence-electron chi connectivity index (χ4n) is 3.17. The van der Waals surface area contributed by atoms with E-state index < -0.39 is 0 Å². The van der Waals surface area contributed by atoms with Gasteiger partial charge in [-0.3, -0.25) is 9.69 Å². The molecule has 23 heavy (non-hydrogen) atoms. The highest BCUT2D eigenvalue weighted by molar-refractivity contribution is 5.75. The van der Waals surface area contributed by atoms with E-state index in [0.717, 1.165) is 39.1 Å². The van der Waals surface area contributed by atoms with Crippen molar-refractivity contribution in [3.05, 3.63) is 35.9 Å². The molecule has 1 amide bonds. The Balaban J connectivity index is 1.81. The average molecular weight is 317 g/mol. The van der Waals surface area contributed by atoms with Crippen LogP contribution in [-0.2, 0) is 4.79 Å². The molecular weight excluding hydrogens is 286 g/mol. The third kappa shape index (κ3) is 5.96. The summed E-state index contributed by atoms with van der Waals surface area (Å²) in [5.74, 6) is 0.605. The molecule has 1 atom stereocenters. The second-order valence-electron chi connectivity index (χ2n) is 7.03. The van der Waals surface area contributed by atoms with Crippen LogP contribution in [0.15, 0.2) is 30.3 Å². The number of carbonyl (C=O) groups is 1. The third-order valence-electron chi connectivity index (χ3n) is 4.42. The van der Waals surface area contributed by atoms with Gasteiger partial charge in [-0.1, -0.05) is 44.2 Å². The molecule has 4 heteroatoms. The Hall–Kier alpha value is -1.39. The van der Waals surface area contributed by atoms with Crippen LogP contribution in [0.4, 0.5) is 0 Å². The molecule has 1 aliphatic rings. The molecule has 2 rings (SSSR count). The number of hydrogen-bond acceptors (Lipinski definition) is 3. The van der Waals surface area contributed by atoms with Gasteiger partial charge in [-0.25, -0.2) is 0 Å². The van der Waals surface area contributed by atoms with Gasteiger partial charge in [-0.15, -0.1) is 0 Å². The van der Waals surface area contributed by atoms with Gasteiger partial charge in [0.2, 0.25) is 5.91 Å². The molecule has 1 fully saturated rings. The maximum Gasteiger partial charge on any atom is 0.220 e. The van der Waals surface area contributed by atoms with Crippen LogP contribution in [0.2, 0.25) is 0 Å². The molecule has 0 saturated carbocycles. The van der Waals surface area contributed by atoms with Crippen LogP contribution in [0.5, 0.6) is 0 Å². The Labute approximate surface area is 140 Å². The van der Waals surface area contributed by atoms with Crippen molar-refractivity contribution < 1.29 is 4.79 Å². The minimum atomic E-state index is 0.179. The Bertz CT molecular complexity index is 475. The lowest BCUT2D eigenvalue weighted by Crippen LogP contribution is -2.47. The van der Waals surface area contributed by atoms with Crippen molar-refractivity contribution in [3.8, 4) is 0 Å². The molecule has 1 heterocycles. The van der Waals surface area contributed by atoms with E-state index >= 15 is 0 Å². The summed E-state index contributed by atoms with van der Waals surface area (Å²) in [6.45, 7) is 9.25. The maximum absolute atomic E-state index is 11.7. The molecule has 1 aromatic rings. The topological polar surface area (TPSA) is 35.6 Å². The molecule has 0 aromatic heterocycles. The van der Waals surface area contributed by atoms with Crippen molar-refractivity contribution >= 4 is 5.91 Å². The normalized spacial score (nSPS) is 19.9. The zero-order valence-corrected chi connectivity index (χ0v) is 14.8. The van der Waals surface area contributed by atoms with E-state index in [2.05, 4.69) is 66.3 Å². The number of likely N-dealkylation sites (N-methyl/N-ethyl adjacent to an activating group) is 1. The van der Waals surface area contributed by atoms with E-state index in [-0.39, 0.29) is 5.91 Å². The molecule has 128 valence electrons. The minimum Gasteiger partial charge on any atom is -0.356 e. The van der Waals surface area contributed by atoms with Gasteiger partial charge in [0.05, 0.1) is 0 Å². The highest BCUT2D eigenvalue weighted by atomic mass is 16.1. The van der Waals surface area contributed by atoms with Gasteiger partial charge in [0, 0.05) is 45.2 Å². The number of piperazine rings is 1. The SMILES string of the molecule is CC(C)CC(=O)NCCCN1CCN(C)C[C@@H]1c1ccccc1. The van der Waals surface area contributed by atoms with Gasteiger partial charge in [-0.2, -0.15) is 0 Å². The van der Waals surface area contributed by atoms with Crippen molar-refractivity contribution in [3.63, 3.8) is 0 Å². The second kappa shape index (κ2) is 9.04. The van der Waals surface area contributed by atoms with Crippen LogP contribution >= 0.6 is 0 Å². The van der Waals surface area contributed by atoms with Gasteiger partial charge in [0.15, 0.2) is 0 Å². The van der Waals surface area contributed by atoms with Crippen molar-refractivity contribution in [2.45, 2.75) is 32.7 Å². The smallest absolute Gasteiger partial charge is 0.220 e. The molecule has 1 saturated heterocycles. The monoisotopic (exact) mass is 317 g/mol. The molecule has 0 spiro atoms. The van der Waals surface area contributed by atoms with Crippen LogP contribution in [0.1, 0.15) is 38.3 Å². The van der Waals surface area contributed by atoms with Gasteiger partial charge >= 0.3 is 0 Å². The Morgan fingerprint density at radius 1 is 1.26 bits per heavy atom. The zero-order chi connectivity index (χ0) is 16.7. The summed E-state index contributed by atoms with van der Waals surface area (Å²) < 4.78 is 0. The Kier molecular flexibility index (Phi) is 7.06. The average Bonchev–Trinajstić information content (AvgIpc) is 2.53. The van der Waals surface area contributed by atoms with Gasteiger partial charge in [0.25, 0.3) is 0 Å². The van der Waals surface area contributed by atoms with Crippen LogP contribution in [0.3, 0.4) is 0 Å². The lowest BCUT2D eigenvalue weighted by molar-refractivity contribution is -0.121. The molecule has 0 aliphatic carbocycles. The first-order valence-corrected chi connectivity index (χ1v) is 8.80. The number of nitrogens with zero attached hydrogens (tertiary/aromatic N) is 2. The van der Waals surface area contributed by atoms with E-state index in [1.54, 1.807) is 0 Å². The largest absolute Gasteiger partial charge is 0.356 e. The molecule has 1 aliphatic heterocycles. The summed E-state index contributed by atoms with van der Waals surface area (Å²) in [4.78, 5) is 16.7. The second-order valence-corrected chi connectivity index (χ2v) is 7.03. The molecule has 4 nitrogen and oxygen atoms in total. The van der Waals surface area contributed by atoms with Crippen LogP contribution in [0.25, 0.3) is 0 Å². The molecule has 0 radical (unpaired) electrons. The fourth-order valence-corrected chi connectivity index (χ4v) is 3.17. The Morgan fingerprint density at radius 2 is 2.00 bits per heavy atom. The summed E-state index contributed by atoms with van der Waals surface area (Å²) in [5.41, 5.74) is 1.39. The number of benzene rings is 1. The number of amides is 1. The number of hydrogen-bond donors (Lipinski definition) is 1. The number of rotatable bonds is 7. The van der Waals surface area contributed by atoms with E-state index in [1.165, 1.54) is 5.56 Å². The Morgan fingerprint density at radius 3 is 2.70 bits per heavy atom. The molecule has 0 bridgehead atoms. The summed E-state index contributed by atoms with van der Waals surface area (Å²) in [7, 11) is 2.19. The predicted octanol–water partition coefficient (Wildman–Crippen LogP) is 2.53. The third-order valence-corrected chi connectivity index (χ3v) is 4.42. The summed E-state index contributed by atoms with van der Waals surface area (Å²) in [6, 6.07) is 11.2. The van der Waals surface area contributed by atoms with Gasteiger partial charge in [-0.05, 0) is 24.9 Å². The van der Waals surface area contributed by atoms with Crippen LogP contribution in [-0.4, -0.2) is 55.5 Å². The molecular formula is C19H31N3O. The summed E-state index contributed by atoms with van der Waals surface area (Å²) in [5, 5.41) is 3.04. The highest BCUT2D eigenvalue weighted by Gasteiger charge is 2.25. The first kappa shape index (κ1) is 18.0. The lowest BCUT2D eigenvalue weighted by Gasteiger charge is -2.40. The first-order chi connectivity index (χ1) is 11.1. The van der Waals surface area contributed by atoms with Crippen molar-refractivity contribution in [2.24, 2.45) is 5.92 Å². The molecule has 1 aromatic carbocycles. The standard InChI is InChI=1S/C19H31N3O/c1-16(2)14-19(23)20-10-7-11-22-13-12-21(3)15-18(22)17-8-5-4-6-9-17/h4-6,8-9,16,18H,7,10-15H2,1-3H3,(H,20,23)/t18-/m1/s1. The number of carbonyl (C=O) groups excluding carboxylic acids is 1. The summed E-state index contributed by atoms with van der Waals surface area (Å²) >= 11 is 0. The van der Waals surface area contributed by atoms with E-state index in [9.17, 15) is 4.79 Å². The van der Waals surface area contributed by atoms with Crippen LogP contribution < -0.4 is 5.32 Å². The van der Waals surface area contributed by atoms with Crippen molar-refractivity contribution in [2.75, 3.05) is 39.8 Å². The molecule has 1 N–H and O–H groups in total. The predicted molar refractivity (Wildman–Crippen MR) is 95.3 cm³/mol. The van der Waals surface area contributed by atoms with Crippen molar-refractivity contribution in [1.82, 2.24) is 15.1 Å². The van der Waals surface area contributed by atoms with Gasteiger partial charge in [0.1, 0.15) is 0 Å². The summed E-state index contributed by atoms with van der Waals surface area (Å²) in [6.07, 6.45) is 1.64. The maximum atomic E-state index is 11.7. The zero-order valence-electron chi connectivity index (χ0n) is 14.8. The van der Waals surface area contributed by atoms with Crippen molar-refractivity contribution in [1.29, 1.82) is 0 Å². The quantitative estimate of drug-likeness (QED) is 0.785. The van der Waals surface area contributed by atoms with E-state index in [0.29, 0.717) is 18.4 Å². The number of nitrogens with one attached hydrogen (secondary N) is 1.